The van der Waals surface area contributed by atoms with E-state index in [1.807, 2.05) is 13.8 Å². The Bertz CT molecular complexity index is 273. The molecule has 0 bridgehead atoms. The summed E-state index contributed by atoms with van der Waals surface area (Å²) in [4.78, 5) is 14.2. The van der Waals surface area contributed by atoms with Crippen LogP contribution in [0.1, 0.15) is 26.7 Å². The molecule has 18 heavy (non-hydrogen) atoms. The maximum absolute atomic E-state index is 12.0. The molecule has 0 radical (unpaired) electrons. The zero-order chi connectivity index (χ0) is 13.6. The minimum absolute atomic E-state index is 0.188. The molecule has 106 valence electrons. The third-order valence-electron chi connectivity index (χ3n) is 3.61. The summed E-state index contributed by atoms with van der Waals surface area (Å²) in [6.07, 6.45) is 2.49. The first-order valence-corrected chi connectivity index (χ1v) is 6.67. The topological polar surface area (TPSA) is 50.8 Å². The molecule has 1 N–H and O–H groups in total. The maximum Gasteiger partial charge on any atom is 0.327 e. The van der Waals surface area contributed by atoms with E-state index in [2.05, 4.69) is 10.2 Å². The Morgan fingerprint density at radius 3 is 2.83 bits per heavy atom. The van der Waals surface area contributed by atoms with Crippen molar-refractivity contribution in [2.24, 2.45) is 0 Å². The summed E-state index contributed by atoms with van der Waals surface area (Å²) in [5.41, 5.74) is -0.647. The second-order valence-electron chi connectivity index (χ2n) is 5.04. The summed E-state index contributed by atoms with van der Waals surface area (Å²) >= 11 is 0. The van der Waals surface area contributed by atoms with E-state index in [-0.39, 0.29) is 12.1 Å². The van der Waals surface area contributed by atoms with E-state index < -0.39 is 5.54 Å². The molecule has 0 spiro atoms. The van der Waals surface area contributed by atoms with Crippen molar-refractivity contribution in [3.63, 3.8) is 0 Å². The summed E-state index contributed by atoms with van der Waals surface area (Å²) in [5, 5.41) is 3.09. The molecular weight excluding hydrogens is 232 g/mol. The molecule has 5 heteroatoms. The Morgan fingerprint density at radius 1 is 1.56 bits per heavy atom. The number of ether oxygens (including phenoxy) is 2. The fourth-order valence-electron chi connectivity index (χ4n) is 2.33. The minimum Gasteiger partial charge on any atom is -0.465 e. The number of carbonyl (C=O) groups excluding carboxylic acids is 1. The fourth-order valence-corrected chi connectivity index (χ4v) is 2.33. The fraction of sp³-hybridized carbons (Fsp3) is 0.923. The summed E-state index contributed by atoms with van der Waals surface area (Å²) in [6, 6.07) is 0. The van der Waals surface area contributed by atoms with E-state index in [0.29, 0.717) is 13.2 Å². The number of nitrogens with zero attached hydrogens (tertiary/aromatic N) is 1. The number of carbonyl (C=O) groups is 1. The van der Waals surface area contributed by atoms with Crippen LogP contribution in [0.5, 0.6) is 0 Å². The molecule has 2 unspecified atom stereocenters. The van der Waals surface area contributed by atoms with Crippen molar-refractivity contribution in [3.05, 3.63) is 0 Å². The van der Waals surface area contributed by atoms with Crippen molar-refractivity contribution in [1.82, 2.24) is 10.2 Å². The van der Waals surface area contributed by atoms with Crippen LogP contribution in [-0.4, -0.2) is 62.9 Å². The Labute approximate surface area is 110 Å². The number of hydrogen-bond acceptors (Lipinski definition) is 5. The quantitative estimate of drug-likeness (QED) is 0.709. The van der Waals surface area contributed by atoms with Crippen molar-refractivity contribution >= 4 is 5.97 Å². The van der Waals surface area contributed by atoms with E-state index in [1.165, 1.54) is 0 Å². The normalized spacial score (nSPS) is 24.6. The van der Waals surface area contributed by atoms with E-state index in [0.717, 1.165) is 25.9 Å². The van der Waals surface area contributed by atoms with Gasteiger partial charge in [-0.2, -0.15) is 0 Å². The van der Waals surface area contributed by atoms with E-state index in [9.17, 15) is 4.79 Å². The number of likely N-dealkylation sites (N-methyl/N-ethyl adjacent to an activating group) is 1. The lowest BCUT2D eigenvalue weighted by Crippen LogP contribution is -2.58. The van der Waals surface area contributed by atoms with Crippen LogP contribution in [0.15, 0.2) is 0 Å². The number of piperidine rings is 1. The maximum atomic E-state index is 12.0. The molecule has 2 atom stereocenters. The van der Waals surface area contributed by atoms with Crippen molar-refractivity contribution in [2.45, 2.75) is 38.3 Å². The summed E-state index contributed by atoms with van der Waals surface area (Å²) in [6.45, 7) is 6.68. The highest BCUT2D eigenvalue weighted by molar-refractivity contribution is 5.80. The molecule has 1 aliphatic heterocycles. The Hall–Kier alpha value is -0.650. The van der Waals surface area contributed by atoms with Gasteiger partial charge in [0, 0.05) is 20.2 Å². The van der Waals surface area contributed by atoms with E-state index >= 15 is 0 Å². The van der Waals surface area contributed by atoms with Gasteiger partial charge < -0.3 is 14.8 Å². The zero-order valence-corrected chi connectivity index (χ0v) is 12.0. The van der Waals surface area contributed by atoms with Gasteiger partial charge in [-0.05, 0) is 40.3 Å². The van der Waals surface area contributed by atoms with Gasteiger partial charge in [-0.3, -0.25) is 9.69 Å². The van der Waals surface area contributed by atoms with Crippen molar-refractivity contribution in [3.8, 4) is 0 Å². The lowest BCUT2D eigenvalue weighted by molar-refractivity contribution is -0.151. The molecule has 1 fully saturated rings. The molecule has 1 saturated heterocycles. The largest absolute Gasteiger partial charge is 0.465 e. The van der Waals surface area contributed by atoms with E-state index in [1.54, 1.807) is 14.2 Å². The molecule has 1 heterocycles. The Balaban J connectivity index is 2.58. The summed E-state index contributed by atoms with van der Waals surface area (Å²) in [5.74, 6) is -0.188. The standard InChI is InChI=1S/C13H26N2O3/c1-5-18-12(16)13(2,14-3)10-15-8-6-7-11(9-15)17-4/h11,14H,5-10H2,1-4H3. The summed E-state index contributed by atoms with van der Waals surface area (Å²) < 4.78 is 10.5. The first-order valence-electron chi connectivity index (χ1n) is 6.67. The average molecular weight is 258 g/mol. The van der Waals surface area contributed by atoms with Crippen LogP contribution in [0.25, 0.3) is 0 Å². The van der Waals surface area contributed by atoms with Gasteiger partial charge in [-0.25, -0.2) is 0 Å². The molecule has 1 aliphatic rings. The molecule has 0 saturated carbocycles. The van der Waals surface area contributed by atoms with Crippen molar-refractivity contribution < 1.29 is 14.3 Å². The molecule has 0 aromatic carbocycles. The van der Waals surface area contributed by atoms with Gasteiger partial charge in [0.25, 0.3) is 0 Å². The van der Waals surface area contributed by atoms with Crippen molar-refractivity contribution in [2.75, 3.05) is 40.4 Å². The van der Waals surface area contributed by atoms with Gasteiger partial charge >= 0.3 is 5.97 Å². The Kier molecular flexibility index (Phi) is 6.05. The number of likely N-dealkylation sites (tertiary alicyclic amines) is 1. The predicted molar refractivity (Wildman–Crippen MR) is 70.6 cm³/mol. The SMILES string of the molecule is CCOC(=O)C(C)(CN1CCCC(OC)C1)NC. The molecule has 5 nitrogen and oxygen atoms in total. The van der Waals surface area contributed by atoms with Crippen LogP contribution >= 0.6 is 0 Å². The highest BCUT2D eigenvalue weighted by Crippen LogP contribution is 2.16. The van der Waals surface area contributed by atoms with Gasteiger partial charge in [0.2, 0.25) is 0 Å². The van der Waals surface area contributed by atoms with E-state index in [4.69, 9.17) is 9.47 Å². The second-order valence-corrected chi connectivity index (χ2v) is 5.04. The van der Waals surface area contributed by atoms with Crippen LogP contribution < -0.4 is 5.32 Å². The van der Waals surface area contributed by atoms with Crippen LogP contribution in [-0.2, 0) is 14.3 Å². The Morgan fingerprint density at radius 2 is 2.28 bits per heavy atom. The van der Waals surface area contributed by atoms with Gasteiger partial charge in [0.1, 0.15) is 5.54 Å². The van der Waals surface area contributed by atoms with Gasteiger partial charge in [-0.1, -0.05) is 0 Å². The smallest absolute Gasteiger partial charge is 0.327 e. The second kappa shape index (κ2) is 7.07. The predicted octanol–water partition coefficient (Wildman–Crippen LogP) is 0.638. The number of rotatable bonds is 6. The van der Waals surface area contributed by atoms with Crippen molar-refractivity contribution in [1.29, 1.82) is 0 Å². The van der Waals surface area contributed by atoms with Crippen LogP contribution in [0.2, 0.25) is 0 Å². The number of esters is 1. The average Bonchev–Trinajstić information content (AvgIpc) is 2.39. The number of nitrogens with one attached hydrogen (secondary N) is 1. The number of hydrogen-bond donors (Lipinski definition) is 1. The highest BCUT2D eigenvalue weighted by Gasteiger charge is 2.36. The molecular formula is C13H26N2O3. The minimum atomic E-state index is -0.647. The number of methoxy groups -OCH3 is 1. The lowest BCUT2D eigenvalue weighted by Gasteiger charge is -2.37. The molecule has 0 aliphatic carbocycles. The van der Waals surface area contributed by atoms with Crippen LogP contribution in [0.3, 0.4) is 0 Å². The molecule has 0 aromatic heterocycles. The first kappa shape index (κ1) is 15.4. The summed E-state index contributed by atoms with van der Waals surface area (Å²) in [7, 11) is 3.55. The third kappa shape index (κ3) is 3.93. The molecule has 0 aromatic rings. The molecule has 0 amide bonds. The third-order valence-corrected chi connectivity index (χ3v) is 3.61. The van der Waals surface area contributed by atoms with Gasteiger partial charge in [0.15, 0.2) is 0 Å². The monoisotopic (exact) mass is 258 g/mol. The van der Waals surface area contributed by atoms with Gasteiger partial charge in [0.05, 0.1) is 12.7 Å². The first-order chi connectivity index (χ1) is 8.55. The van der Waals surface area contributed by atoms with Gasteiger partial charge in [-0.15, -0.1) is 0 Å². The van der Waals surface area contributed by atoms with Crippen LogP contribution in [0.4, 0.5) is 0 Å². The lowest BCUT2D eigenvalue weighted by atomic mass is 9.99. The van der Waals surface area contributed by atoms with Crippen LogP contribution in [0, 0.1) is 0 Å². The molecule has 1 rings (SSSR count). The zero-order valence-electron chi connectivity index (χ0n) is 12.0. The highest BCUT2D eigenvalue weighted by atomic mass is 16.5.